The molecule has 0 fully saturated rings. The van der Waals surface area contributed by atoms with Crippen molar-refractivity contribution in [1.82, 2.24) is 0 Å². The number of oxime groups is 1. The second-order valence-electron chi connectivity index (χ2n) is 7.97. The first-order chi connectivity index (χ1) is 15.3. The molecule has 0 aliphatic rings. The maximum Gasteiger partial charge on any atom is 0.535 e. The average molecular weight is 437 g/mol. The molecule has 0 radical (unpaired) electrons. The van der Waals surface area contributed by atoms with Crippen molar-refractivity contribution in [3.05, 3.63) is 65.7 Å². The van der Waals surface area contributed by atoms with Crippen LogP contribution in [0.5, 0.6) is 17.2 Å². The van der Waals surface area contributed by atoms with Crippen LogP contribution in [0.1, 0.15) is 31.9 Å². The first-order valence-corrected chi connectivity index (χ1v) is 10.0. The number of rotatable bonds is 6. The van der Waals surface area contributed by atoms with Gasteiger partial charge in [-0.2, -0.15) is 0 Å². The largest absolute Gasteiger partial charge is 0.535 e. The molecular weight excluding hydrogens is 410 g/mol. The van der Waals surface area contributed by atoms with Crippen molar-refractivity contribution in [2.45, 2.75) is 26.4 Å². The summed E-state index contributed by atoms with van der Waals surface area (Å²) in [6, 6.07) is 17.3. The van der Waals surface area contributed by atoms with Gasteiger partial charge < -0.3 is 18.9 Å². The highest BCUT2D eigenvalue weighted by Gasteiger charge is 2.21. The number of carbonyl (C=O) groups excluding carboxylic acids is 1. The van der Waals surface area contributed by atoms with Crippen LogP contribution >= 0.6 is 0 Å². The van der Waals surface area contributed by atoms with Crippen molar-refractivity contribution in [3.8, 4) is 17.2 Å². The number of hydrogen-bond acceptors (Lipinski definition) is 7. The van der Waals surface area contributed by atoms with Gasteiger partial charge in [-0.05, 0) is 49.7 Å². The Balaban J connectivity index is 2.13. The van der Waals surface area contributed by atoms with Crippen LogP contribution in [0.4, 0.5) is 4.79 Å². The van der Waals surface area contributed by atoms with Crippen LogP contribution in [0.3, 0.4) is 0 Å². The lowest BCUT2D eigenvalue weighted by Crippen LogP contribution is -2.23. The Morgan fingerprint density at radius 2 is 1.41 bits per heavy atom. The van der Waals surface area contributed by atoms with Crippen LogP contribution in [0.2, 0.25) is 0 Å². The van der Waals surface area contributed by atoms with E-state index in [1.54, 1.807) is 32.9 Å². The van der Waals surface area contributed by atoms with Gasteiger partial charge >= 0.3 is 6.16 Å². The molecule has 0 amide bonds. The van der Waals surface area contributed by atoms with E-state index < -0.39 is 11.8 Å². The van der Waals surface area contributed by atoms with Gasteiger partial charge in [0.15, 0.2) is 11.5 Å². The fourth-order valence-corrected chi connectivity index (χ4v) is 3.18. The molecule has 0 atom stereocenters. The highest BCUT2D eigenvalue weighted by Crippen LogP contribution is 2.39. The zero-order valence-electron chi connectivity index (χ0n) is 19.1. The Labute approximate surface area is 187 Å². The predicted molar refractivity (Wildman–Crippen MR) is 123 cm³/mol. The van der Waals surface area contributed by atoms with Gasteiger partial charge in [-0.1, -0.05) is 41.6 Å². The molecule has 3 aromatic carbocycles. The first-order valence-electron chi connectivity index (χ1n) is 10.0. The van der Waals surface area contributed by atoms with E-state index in [0.717, 1.165) is 16.3 Å². The van der Waals surface area contributed by atoms with Crippen LogP contribution in [-0.2, 0) is 9.57 Å². The minimum atomic E-state index is -0.900. The lowest BCUT2D eigenvalue weighted by molar-refractivity contribution is -0.00613. The van der Waals surface area contributed by atoms with Crippen LogP contribution in [0.15, 0.2) is 59.8 Å². The Hall–Kier alpha value is -3.74. The van der Waals surface area contributed by atoms with Gasteiger partial charge in [-0.3, -0.25) is 4.84 Å². The van der Waals surface area contributed by atoms with E-state index >= 15 is 0 Å². The molecule has 0 aromatic heterocycles. The topological polar surface area (TPSA) is 75.6 Å². The summed E-state index contributed by atoms with van der Waals surface area (Å²) in [5.74, 6) is 1.35. The van der Waals surface area contributed by atoms with E-state index in [-0.39, 0.29) is 0 Å². The van der Waals surface area contributed by atoms with Crippen molar-refractivity contribution in [1.29, 1.82) is 0 Å². The summed E-state index contributed by atoms with van der Waals surface area (Å²) >= 11 is 0. The van der Waals surface area contributed by atoms with E-state index in [9.17, 15) is 4.79 Å². The zero-order valence-corrected chi connectivity index (χ0v) is 19.1. The maximum absolute atomic E-state index is 12.2. The second kappa shape index (κ2) is 9.60. The summed E-state index contributed by atoms with van der Waals surface area (Å²) < 4.78 is 21.6. The maximum atomic E-state index is 12.2. The number of carbonyl (C=O) groups is 1. The molecule has 0 heterocycles. The monoisotopic (exact) mass is 437 g/mol. The molecular formula is C25H27NO6. The zero-order chi connectivity index (χ0) is 23.3. The van der Waals surface area contributed by atoms with E-state index in [1.165, 1.54) is 21.3 Å². The molecule has 0 bridgehead atoms. The van der Waals surface area contributed by atoms with Gasteiger partial charge in [0.2, 0.25) is 5.75 Å². The van der Waals surface area contributed by atoms with Crippen LogP contribution in [0, 0.1) is 0 Å². The number of hydrogen-bond donors (Lipinski definition) is 0. The minimum Gasteiger partial charge on any atom is -0.493 e. The fraction of sp³-hybridized carbons (Fsp3) is 0.280. The summed E-state index contributed by atoms with van der Waals surface area (Å²) in [6.45, 7) is 5.25. The van der Waals surface area contributed by atoms with Crippen molar-refractivity contribution in [3.63, 3.8) is 0 Å². The standard InChI is InChI=1S/C25H27NO6/c1-25(2,3)31-24(27)32-26-22(18-12-11-16-9-7-8-10-17(16)13-18)19-14-20(28-4)23(30-6)21(15-19)29-5/h7-15H,1-6H3/b26-22-. The predicted octanol–water partition coefficient (Wildman–Crippen LogP) is 5.57. The van der Waals surface area contributed by atoms with Gasteiger partial charge in [0.05, 0.1) is 21.3 Å². The molecule has 32 heavy (non-hydrogen) atoms. The summed E-state index contributed by atoms with van der Waals surface area (Å²) in [6.07, 6.45) is -0.900. The van der Waals surface area contributed by atoms with Crippen LogP contribution < -0.4 is 14.2 Å². The summed E-state index contributed by atoms with van der Waals surface area (Å²) in [7, 11) is 4.60. The van der Waals surface area contributed by atoms with E-state index in [0.29, 0.717) is 28.5 Å². The quantitative estimate of drug-likeness (QED) is 0.217. The second-order valence-corrected chi connectivity index (χ2v) is 7.97. The molecule has 0 saturated heterocycles. The van der Waals surface area contributed by atoms with Gasteiger partial charge in [-0.15, -0.1) is 0 Å². The van der Waals surface area contributed by atoms with Gasteiger partial charge in [0, 0.05) is 11.1 Å². The molecule has 168 valence electrons. The van der Waals surface area contributed by atoms with E-state index in [2.05, 4.69) is 5.16 Å². The molecule has 0 spiro atoms. The lowest BCUT2D eigenvalue weighted by Gasteiger charge is -2.18. The van der Waals surface area contributed by atoms with Crippen molar-refractivity contribution >= 4 is 22.6 Å². The van der Waals surface area contributed by atoms with Gasteiger partial charge in [0.1, 0.15) is 11.3 Å². The van der Waals surface area contributed by atoms with E-state index in [4.69, 9.17) is 23.8 Å². The molecule has 0 N–H and O–H groups in total. The first kappa shape index (κ1) is 22.9. The molecule has 7 heteroatoms. The highest BCUT2D eigenvalue weighted by molar-refractivity contribution is 6.14. The smallest absolute Gasteiger partial charge is 0.493 e. The molecule has 3 rings (SSSR count). The molecule has 7 nitrogen and oxygen atoms in total. The van der Waals surface area contributed by atoms with Crippen LogP contribution in [0.25, 0.3) is 10.8 Å². The molecule has 3 aromatic rings. The molecule has 0 saturated carbocycles. The highest BCUT2D eigenvalue weighted by atomic mass is 16.8. The Morgan fingerprint density at radius 1 is 0.781 bits per heavy atom. The minimum absolute atomic E-state index is 0.404. The third-order valence-electron chi connectivity index (χ3n) is 4.56. The summed E-state index contributed by atoms with van der Waals surface area (Å²) in [4.78, 5) is 17.3. The fourth-order valence-electron chi connectivity index (χ4n) is 3.18. The van der Waals surface area contributed by atoms with E-state index in [1.807, 2.05) is 42.5 Å². The summed E-state index contributed by atoms with van der Waals surface area (Å²) in [5.41, 5.74) is 1.04. The Morgan fingerprint density at radius 3 is 1.97 bits per heavy atom. The third kappa shape index (κ3) is 5.29. The average Bonchev–Trinajstić information content (AvgIpc) is 2.77. The van der Waals surface area contributed by atoms with Crippen LogP contribution in [-0.4, -0.2) is 38.8 Å². The van der Waals surface area contributed by atoms with Gasteiger partial charge in [0.25, 0.3) is 0 Å². The number of fused-ring (bicyclic) bond motifs is 1. The molecule has 0 aliphatic heterocycles. The van der Waals surface area contributed by atoms with Crippen molar-refractivity contribution in [2.24, 2.45) is 5.16 Å². The number of benzene rings is 3. The SMILES string of the molecule is COc1cc(/C(=N\OC(=O)OC(C)(C)C)c2ccc3ccccc3c2)cc(OC)c1OC. The number of methoxy groups -OCH3 is 3. The Bertz CT molecular complexity index is 1120. The number of nitrogens with zero attached hydrogens (tertiary/aromatic N) is 1. The summed E-state index contributed by atoms with van der Waals surface area (Å²) in [5, 5.41) is 6.25. The lowest BCUT2D eigenvalue weighted by atomic mass is 9.98. The third-order valence-corrected chi connectivity index (χ3v) is 4.56. The number of ether oxygens (including phenoxy) is 4. The molecule has 0 aliphatic carbocycles. The van der Waals surface area contributed by atoms with Crippen molar-refractivity contribution < 1.29 is 28.6 Å². The molecule has 0 unspecified atom stereocenters. The normalized spacial score (nSPS) is 11.8. The Kier molecular flexibility index (Phi) is 6.88. The van der Waals surface area contributed by atoms with Gasteiger partial charge in [-0.25, -0.2) is 4.79 Å². The van der Waals surface area contributed by atoms with Crippen molar-refractivity contribution in [2.75, 3.05) is 21.3 Å².